The Morgan fingerprint density at radius 1 is 1.09 bits per heavy atom. The van der Waals surface area contributed by atoms with Crippen molar-refractivity contribution in [3.63, 3.8) is 0 Å². The second-order valence-corrected chi connectivity index (χ2v) is 5.51. The van der Waals surface area contributed by atoms with Gasteiger partial charge in [0.2, 0.25) is 0 Å². The third-order valence-corrected chi connectivity index (χ3v) is 3.75. The first-order valence-electron chi connectivity index (χ1n) is 7.05. The number of nitrogens with two attached hydrogens (primary N) is 1. The van der Waals surface area contributed by atoms with Crippen LogP contribution in [0, 0.1) is 13.8 Å². The van der Waals surface area contributed by atoms with Gasteiger partial charge in [0.15, 0.2) is 0 Å². The molecule has 114 valence electrons. The predicted molar refractivity (Wildman–Crippen MR) is 83.1 cm³/mol. The summed E-state index contributed by atoms with van der Waals surface area (Å²) in [6.45, 7) is 3.24. The molecule has 0 atom stereocenters. The van der Waals surface area contributed by atoms with Crippen LogP contribution in [0.1, 0.15) is 16.8 Å². The molecule has 3 aromatic rings. The normalized spacial score (nSPS) is 12.0. The summed E-state index contributed by atoms with van der Waals surface area (Å²) in [5, 5.41) is 0. The lowest BCUT2D eigenvalue weighted by Gasteiger charge is -2.14. The number of imidazole rings is 1. The van der Waals surface area contributed by atoms with Crippen molar-refractivity contribution < 1.29 is 8.78 Å². The van der Waals surface area contributed by atoms with Crippen LogP contribution < -0.4 is 5.73 Å². The zero-order chi connectivity index (χ0) is 15.9. The van der Waals surface area contributed by atoms with Gasteiger partial charge in [-0.3, -0.25) is 0 Å². The van der Waals surface area contributed by atoms with Crippen molar-refractivity contribution in [2.75, 3.05) is 6.54 Å². The Labute approximate surface area is 127 Å². The van der Waals surface area contributed by atoms with Crippen molar-refractivity contribution in [3.05, 3.63) is 59.5 Å². The molecule has 0 unspecified atom stereocenters. The summed E-state index contributed by atoms with van der Waals surface area (Å²) in [6.07, 6.45) is 3.90. The molecule has 2 aromatic heterocycles. The van der Waals surface area contributed by atoms with E-state index in [0.29, 0.717) is 0 Å². The lowest BCUT2D eigenvalue weighted by atomic mass is 10.0. The van der Waals surface area contributed by atoms with E-state index in [4.69, 9.17) is 5.73 Å². The summed E-state index contributed by atoms with van der Waals surface area (Å²) in [5.41, 5.74) is 9.79. The maximum atomic E-state index is 13.6. The van der Waals surface area contributed by atoms with E-state index in [1.807, 2.05) is 36.7 Å². The van der Waals surface area contributed by atoms with Gasteiger partial charge < -0.3 is 10.1 Å². The molecule has 0 aliphatic heterocycles. The molecular weight excluding hydrogens is 284 g/mol. The monoisotopic (exact) mass is 301 g/mol. The summed E-state index contributed by atoms with van der Waals surface area (Å²) in [6, 6.07) is 8.27. The highest BCUT2D eigenvalue weighted by atomic mass is 19.3. The van der Waals surface area contributed by atoms with E-state index in [2.05, 4.69) is 4.98 Å². The van der Waals surface area contributed by atoms with Crippen LogP contribution in [0.2, 0.25) is 0 Å². The number of hydrogen-bond acceptors (Lipinski definition) is 2. The van der Waals surface area contributed by atoms with Gasteiger partial charge in [-0.15, -0.1) is 0 Å². The topological polar surface area (TPSA) is 43.3 Å². The highest BCUT2D eigenvalue weighted by Gasteiger charge is 2.29. The van der Waals surface area contributed by atoms with Gasteiger partial charge in [-0.25, -0.2) is 4.98 Å². The number of nitrogens with zero attached hydrogens (tertiary/aromatic N) is 2. The number of benzene rings is 1. The number of rotatable bonds is 3. The first-order valence-corrected chi connectivity index (χ1v) is 7.05. The highest BCUT2D eigenvalue weighted by Crippen LogP contribution is 2.29. The van der Waals surface area contributed by atoms with E-state index in [9.17, 15) is 8.78 Å². The van der Waals surface area contributed by atoms with E-state index < -0.39 is 12.5 Å². The molecule has 0 bridgehead atoms. The van der Waals surface area contributed by atoms with Crippen molar-refractivity contribution in [1.29, 1.82) is 0 Å². The Kier molecular flexibility index (Phi) is 3.45. The van der Waals surface area contributed by atoms with Crippen LogP contribution in [0.3, 0.4) is 0 Å². The zero-order valence-electron chi connectivity index (χ0n) is 12.5. The average molecular weight is 301 g/mol. The summed E-state index contributed by atoms with van der Waals surface area (Å²) < 4.78 is 29.1. The Balaban J connectivity index is 2.04. The molecule has 0 aliphatic rings. The molecule has 22 heavy (non-hydrogen) atoms. The third kappa shape index (κ3) is 2.48. The number of alkyl halides is 2. The number of aryl methyl sites for hydroxylation is 2. The van der Waals surface area contributed by atoms with Gasteiger partial charge in [-0.05, 0) is 36.6 Å². The maximum absolute atomic E-state index is 13.6. The summed E-state index contributed by atoms with van der Waals surface area (Å²) in [5.74, 6) is -2.99. The Morgan fingerprint density at radius 2 is 1.77 bits per heavy atom. The quantitative estimate of drug-likeness (QED) is 0.802. The second kappa shape index (κ2) is 5.18. The highest BCUT2D eigenvalue weighted by molar-refractivity contribution is 5.67. The SMILES string of the molecule is Cc1cn2cc(-c3ccc(C(F)(F)CN)cc3)cc(C)c2n1. The lowest BCUT2D eigenvalue weighted by molar-refractivity contribution is 0.00597. The largest absolute Gasteiger partial charge is 0.325 e. The molecule has 3 nitrogen and oxygen atoms in total. The molecule has 5 heteroatoms. The number of halogens is 2. The van der Waals surface area contributed by atoms with Crippen LogP contribution in [-0.4, -0.2) is 15.9 Å². The molecule has 3 rings (SSSR count). The van der Waals surface area contributed by atoms with Crippen LogP contribution in [0.5, 0.6) is 0 Å². The minimum absolute atomic E-state index is 0.0602. The van der Waals surface area contributed by atoms with Crippen molar-refractivity contribution in [2.24, 2.45) is 5.73 Å². The van der Waals surface area contributed by atoms with Crippen LogP contribution in [0.25, 0.3) is 16.8 Å². The summed E-state index contributed by atoms with van der Waals surface area (Å²) in [7, 11) is 0. The van der Waals surface area contributed by atoms with Crippen LogP contribution in [0.15, 0.2) is 42.7 Å². The van der Waals surface area contributed by atoms with Gasteiger partial charge in [0.1, 0.15) is 5.65 Å². The minimum atomic E-state index is -2.99. The number of hydrogen-bond donors (Lipinski definition) is 1. The Morgan fingerprint density at radius 3 is 2.41 bits per heavy atom. The molecule has 0 amide bonds. The zero-order valence-corrected chi connectivity index (χ0v) is 12.5. The molecule has 2 heterocycles. The van der Waals surface area contributed by atoms with E-state index in [0.717, 1.165) is 28.0 Å². The molecular formula is C17H17F2N3. The molecule has 0 radical (unpaired) electrons. The molecule has 0 saturated heterocycles. The molecule has 0 aliphatic carbocycles. The van der Waals surface area contributed by atoms with Gasteiger partial charge in [-0.2, -0.15) is 8.78 Å². The van der Waals surface area contributed by atoms with Gasteiger partial charge >= 0.3 is 0 Å². The fourth-order valence-electron chi connectivity index (χ4n) is 2.57. The summed E-state index contributed by atoms with van der Waals surface area (Å²) >= 11 is 0. The first-order chi connectivity index (χ1) is 10.4. The van der Waals surface area contributed by atoms with Crippen LogP contribution in [-0.2, 0) is 5.92 Å². The summed E-state index contributed by atoms with van der Waals surface area (Å²) in [4.78, 5) is 4.45. The molecule has 0 fully saturated rings. The Hall–Kier alpha value is -2.27. The number of pyridine rings is 1. The van der Waals surface area contributed by atoms with Crippen LogP contribution >= 0.6 is 0 Å². The Bertz CT molecular complexity index is 820. The van der Waals surface area contributed by atoms with Gasteiger partial charge in [0.05, 0.1) is 12.2 Å². The first kappa shape index (κ1) is 14.7. The van der Waals surface area contributed by atoms with E-state index in [1.54, 1.807) is 12.1 Å². The molecule has 2 N–H and O–H groups in total. The fraction of sp³-hybridized carbons (Fsp3) is 0.235. The van der Waals surface area contributed by atoms with E-state index in [-0.39, 0.29) is 5.56 Å². The van der Waals surface area contributed by atoms with Crippen molar-refractivity contribution in [2.45, 2.75) is 19.8 Å². The fourth-order valence-corrected chi connectivity index (χ4v) is 2.57. The van der Waals surface area contributed by atoms with E-state index >= 15 is 0 Å². The number of fused-ring (bicyclic) bond motifs is 1. The predicted octanol–water partition coefficient (Wildman–Crippen LogP) is 3.67. The van der Waals surface area contributed by atoms with Gasteiger partial charge in [-0.1, -0.05) is 24.3 Å². The van der Waals surface area contributed by atoms with E-state index in [1.165, 1.54) is 12.1 Å². The van der Waals surface area contributed by atoms with Crippen molar-refractivity contribution in [1.82, 2.24) is 9.38 Å². The van der Waals surface area contributed by atoms with Crippen LogP contribution in [0.4, 0.5) is 8.78 Å². The van der Waals surface area contributed by atoms with Gasteiger partial charge in [0.25, 0.3) is 5.92 Å². The minimum Gasteiger partial charge on any atom is -0.325 e. The standard InChI is InChI=1S/C17H17F2N3/c1-11-7-14(9-22-8-12(2)21-16(11)22)13-3-5-15(6-4-13)17(18,19)10-20/h3-9H,10,20H2,1-2H3. The number of aromatic nitrogens is 2. The third-order valence-electron chi connectivity index (χ3n) is 3.75. The maximum Gasteiger partial charge on any atom is 0.285 e. The van der Waals surface area contributed by atoms with Gasteiger partial charge in [0, 0.05) is 18.0 Å². The van der Waals surface area contributed by atoms with Crippen molar-refractivity contribution in [3.8, 4) is 11.1 Å². The molecule has 1 aromatic carbocycles. The molecule has 0 saturated carbocycles. The molecule has 0 spiro atoms. The lowest BCUT2D eigenvalue weighted by Crippen LogP contribution is -2.24. The smallest absolute Gasteiger partial charge is 0.285 e. The average Bonchev–Trinajstić information content (AvgIpc) is 2.88. The second-order valence-electron chi connectivity index (χ2n) is 5.51. The van der Waals surface area contributed by atoms with Crippen molar-refractivity contribution >= 4 is 5.65 Å².